The van der Waals surface area contributed by atoms with Crippen molar-refractivity contribution in [2.75, 3.05) is 0 Å². The second-order valence-electron chi connectivity index (χ2n) is 6.69. The molecule has 0 saturated carbocycles. The maximum Gasteiger partial charge on any atom is 0.334 e. The second-order valence-corrected chi connectivity index (χ2v) is 6.69. The smallest absolute Gasteiger partial charge is 0.334 e. The van der Waals surface area contributed by atoms with E-state index in [-0.39, 0.29) is 30.1 Å². The van der Waals surface area contributed by atoms with E-state index >= 15 is 0 Å². The SMILES string of the molecule is C=C1C(=O)OC2C=C(C)CC(OC(=O)C(C)=CC)C=C(C)CCC12. The highest BCUT2D eigenvalue weighted by Crippen LogP contribution is 2.34. The van der Waals surface area contributed by atoms with Gasteiger partial charge < -0.3 is 9.47 Å². The summed E-state index contributed by atoms with van der Waals surface area (Å²) in [6.07, 6.45) is 7.38. The minimum Gasteiger partial charge on any atom is -0.454 e. The normalized spacial score (nSPS) is 28.5. The van der Waals surface area contributed by atoms with Crippen LogP contribution in [-0.4, -0.2) is 24.1 Å². The molecule has 0 aromatic rings. The molecule has 24 heavy (non-hydrogen) atoms. The van der Waals surface area contributed by atoms with Crippen LogP contribution < -0.4 is 0 Å². The van der Waals surface area contributed by atoms with Crippen LogP contribution in [0.25, 0.3) is 0 Å². The van der Waals surface area contributed by atoms with Crippen molar-refractivity contribution < 1.29 is 19.1 Å². The number of hydrogen-bond acceptors (Lipinski definition) is 4. The molecule has 2 rings (SSSR count). The van der Waals surface area contributed by atoms with Gasteiger partial charge in [-0.1, -0.05) is 23.8 Å². The van der Waals surface area contributed by atoms with Crippen LogP contribution in [0, 0.1) is 5.92 Å². The fourth-order valence-electron chi connectivity index (χ4n) is 3.05. The lowest BCUT2D eigenvalue weighted by atomic mass is 9.88. The molecule has 0 amide bonds. The third-order valence-electron chi connectivity index (χ3n) is 4.65. The number of esters is 2. The molecular weight excluding hydrogens is 304 g/mol. The third-order valence-corrected chi connectivity index (χ3v) is 4.65. The molecule has 0 aromatic heterocycles. The number of carbonyl (C=O) groups is 2. The molecule has 0 N–H and O–H groups in total. The van der Waals surface area contributed by atoms with E-state index in [1.54, 1.807) is 13.0 Å². The first-order valence-corrected chi connectivity index (χ1v) is 8.40. The fraction of sp³-hybridized carbons (Fsp3) is 0.500. The molecule has 3 atom stereocenters. The molecule has 1 fully saturated rings. The highest BCUT2D eigenvalue weighted by Gasteiger charge is 2.37. The lowest BCUT2D eigenvalue weighted by Gasteiger charge is -2.21. The lowest BCUT2D eigenvalue weighted by molar-refractivity contribution is -0.142. The van der Waals surface area contributed by atoms with Crippen molar-refractivity contribution in [3.63, 3.8) is 0 Å². The first-order valence-electron chi connectivity index (χ1n) is 8.40. The highest BCUT2D eigenvalue weighted by atomic mass is 16.6. The van der Waals surface area contributed by atoms with Gasteiger partial charge in [0.2, 0.25) is 0 Å². The Morgan fingerprint density at radius 2 is 2.04 bits per heavy atom. The minimum atomic E-state index is -0.305. The number of allylic oxidation sites excluding steroid dienone is 2. The van der Waals surface area contributed by atoms with Crippen molar-refractivity contribution in [1.29, 1.82) is 0 Å². The Morgan fingerprint density at radius 1 is 1.33 bits per heavy atom. The molecule has 0 aromatic carbocycles. The molecule has 1 saturated heterocycles. The molecule has 1 aliphatic carbocycles. The predicted molar refractivity (Wildman–Crippen MR) is 93.2 cm³/mol. The molecule has 3 unspecified atom stereocenters. The third kappa shape index (κ3) is 4.25. The molecule has 0 spiro atoms. The summed E-state index contributed by atoms with van der Waals surface area (Å²) >= 11 is 0. The number of ether oxygens (including phenoxy) is 2. The van der Waals surface area contributed by atoms with Crippen molar-refractivity contribution in [2.24, 2.45) is 5.92 Å². The molecule has 130 valence electrons. The Hall–Kier alpha value is -2.10. The summed E-state index contributed by atoms with van der Waals surface area (Å²) < 4.78 is 11.1. The van der Waals surface area contributed by atoms with Gasteiger partial charge in [0.05, 0.1) is 0 Å². The standard InChI is InChI=1S/C20H26O4/c1-6-14(4)19(21)23-16-9-12(2)7-8-17-15(5)20(22)24-18(17)11-13(3)10-16/h6,9,11,16-18H,5,7-8,10H2,1-4H3. The molecule has 2 aliphatic rings. The van der Waals surface area contributed by atoms with Gasteiger partial charge in [-0.3, -0.25) is 0 Å². The fourth-order valence-corrected chi connectivity index (χ4v) is 3.05. The monoisotopic (exact) mass is 330 g/mol. The van der Waals surface area contributed by atoms with Gasteiger partial charge in [-0.05, 0) is 52.7 Å². The van der Waals surface area contributed by atoms with Crippen LogP contribution in [0.2, 0.25) is 0 Å². The summed E-state index contributed by atoms with van der Waals surface area (Å²) in [5.41, 5.74) is 3.34. The van der Waals surface area contributed by atoms with Crippen molar-refractivity contribution in [1.82, 2.24) is 0 Å². The van der Waals surface area contributed by atoms with Gasteiger partial charge in [-0.15, -0.1) is 0 Å². The Kier molecular flexibility index (Phi) is 5.81. The zero-order valence-electron chi connectivity index (χ0n) is 14.9. The van der Waals surface area contributed by atoms with Crippen molar-refractivity contribution >= 4 is 11.9 Å². The number of fused-ring (bicyclic) bond motifs is 1. The van der Waals surface area contributed by atoms with E-state index < -0.39 is 0 Å². The van der Waals surface area contributed by atoms with Crippen molar-refractivity contribution in [2.45, 2.75) is 59.2 Å². The Balaban J connectivity index is 2.22. The van der Waals surface area contributed by atoms with E-state index in [9.17, 15) is 9.59 Å². The van der Waals surface area contributed by atoms with Crippen LogP contribution in [0.4, 0.5) is 0 Å². The molecular formula is C20H26O4. The lowest BCUT2D eigenvalue weighted by Crippen LogP contribution is -2.20. The number of hydrogen-bond donors (Lipinski definition) is 0. The molecule has 0 bridgehead atoms. The van der Waals surface area contributed by atoms with Gasteiger partial charge in [0, 0.05) is 23.5 Å². The van der Waals surface area contributed by atoms with Crippen LogP contribution in [-0.2, 0) is 19.1 Å². The molecule has 1 aliphatic heterocycles. The van der Waals surface area contributed by atoms with Crippen molar-refractivity contribution in [3.8, 4) is 0 Å². The van der Waals surface area contributed by atoms with Gasteiger partial charge in [0.1, 0.15) is 12.2 Å². The average Bonchev–Trinajstić information content (AvgIpc) is 2.77. The summed E-state index contributed by atoms with van der Waals surface area (Å²) in [6, 6.07) is 0. The van der Waals surface area contributed by atoms with E-state index in [2.05, 4.69) is 6.58 Å². The second kappa shape index (κ2) is 7.65. The van der Waals surface area contributed by atoms with E-state index in [4.69, 9.17) is 9.47 Å². The van der Waals surface area contributed by atoms with Gasteiger partial charge in [-0.2, -0.15) is 0 Å². The van der Waals surface area contributed by atoms with Gasteiger partial charge in [0.25, 0.3) is 0 Å². The summed E-state index contributed by atoms with van der Waals surface area (Å²) in [5.74, 6) is -0.572. The van der Waals surface area contributed by atoms with Gasteiger partial charge >= 0.3 is 11.9 Å². The first kappa shape index (κ1) is 18.2. The summed E-state index contributed by atoms with van der Waals surface area (Å²) in [7, 11) is 0. The van der Waals surface area contributed by atoms with E-state index in [0.717, 1.165) is 24.0 Å². The van der Waals surface area contributed by atoms with Crippen LogP contribution in [0.1, 0.15) is 47.0 Å². The summed E-state index contributed by atoms with van der Waals surface area (Å²) in [4.78, 5) is 23.9. The number of rotatable bonds is 2. The van der Waals surface area contributed by atoms with E-state index in [1.807, 2.05) is 32.9 Å². The van der Waals surface area contributed by atoms with Crippen LogP contribution in [0.5, 0.6) is 0 Å². The molecule has 4 heteroatoms. The quantitative estimate of drug-likeness (QED) is 0.436. The Labute approximate surface area is 143 Å². The number of carbonyl (C=O) groups excluding carboxylic acids is 2. The van der Waals surface area contributed by atoms with Gasteiger partial charge in [0.15, 0.2) is 0 Å². The average molecular weight is 330 g/mol. The Bertz CT molecular complexity index is 636. The summed E-state index contributed by atoms with van der Waals surface area (Å²) in [6.45, 7) is 11.4. The largest absolute Gasteiger partial charge is 0.454 e. The van der Waals surface area contributed by atoms with Crippen molar-refractivity contribution in [3.05, 3.63) is 47.1 Å². The molecule has 4 nitrogen and oxygen atoms in total. The topological polar surface area (TPSA) is 52.6 Å². The van der Waals surface area contributed by atoms with E-state index in [1.165, 1.54) is 0 Å². The van der Waals surface area contributed by atoms with Crippen LogP contribution in [0.15, 0.2) is 47.1 Å². The predicted octanol–water partition coefficient (Wildman–Crippen LogP) is 4.04. The van der Waals surface area contributed by atoms with Crippen LogP contribution >= 0.6 is 0 Å². The van der Waals surface area contributed by atoms with Gasteiger partial charge in [-0.25, -0.2) is 9.59 Å². The summed E-state index contributed by atoms with van der Waals surface area (Å²) in [5, 5.41) is 0. The molecule has 0 radical (unpaired) electrons. The highest BCUT2D eigenvalue weighted by molar-refractivity contribution is 5.91. The molecule has 1 heterocycles. The van der Waals surface area contributed by atoms with Crippen LogP contribution in [0.3, 0.4) is 0 Å². The van der Waals surface area contributed by atoms with E-state index in [0.29, 0.717) is 17.6 Å². The zero-order chi connectivity index (χ0) is 17.9. The maximum atomic E-state index is 12.1. The first-order chi connectivity index (χ1) is 11.3. The minimum absolute atomic E-state index is 0.0279. The maximum absolute atomic E-state index is 12.1. The Morgan fingerprint density at radius 3 is 2.71 bits per heavy atom. The zero-order valence-corrected chi connectivity index (χ0v) is 14.9.